The first-order chi connectivity index (χ1) is 13.7. The van der Waals surface area contributed by atoms with Crippen LogP contribution in [0.3, 0.4) is 0 Å². The molecule has 6 heteroatoms. The fourth-order valence-electron chi connectivity index (χ4n) is 2.90. The summed E-state index contributed by atoms with van der Waals surface area (Å²) in [4.78, 5) is 16.9. The van der Waals surface area contributed by atoms with Crippen LogP contribution in [0.2, 0.25) is 0 Å². The SMILES string of the molecule is C[C@H](Cc1ccco1)NC(=O)c1ccc(-c2nc(-c3ccccc3)no2)cc1. The van der Waals surface area contributed by atoms with Crippen LogP contribution in [0.4, 0.5) is 0 Å². The summed E-state index contributed by atoms with van der Waals surface area (Å²) in [6.45, 7) is 1.94. The van der Waals surface area contributed by atoms with Crippen molar-refractivity contribution >= 4 is 5.91 Å². The molecule has 0 fully saturated rings. The quantitative estimate of drug-likeness (QED) is 0.543. The van der Waals surface area contributed by atoms with Crippen molar-refractivity contribution in [3.8, 4) is 22.8 Å². The van der Waals surface area contributed by atoms with Crippen LogP contribution in [0.5, 0.6) is 0 Å². The molecule has 0 aliphatic heterocycles. The molecule has 4 aromatic rings. The normalized spacial score (nSPS) is 11.9. The third kappa shape index (κ3) is 4.01. The molecule has 2 heterocycles. The number of carbonyl (C=O) groups excluding carboxylic acids is 1. The van der Waals surface area contributed by atoms with Crippen molar-refractivity contribution in [2.45, 2.75) is 19.4 Å². The van der Waals surface area contributed by atoms with Gasteiger partial charge in [-0.25, -0.2) is 0 Å². The highest BCUT2D eigenvalue weighted by Gasteiger charge is 2.14. The predicted octanol–water partition coefficient (Wildman–Crippen LogP) is 4.36. The van der Waals surface area contributed by atoms with Crippen LogP contribution in [-0.2, 0) is 6.42 Å². The monoisotopic (exact) mass is 373 g/mol. The number of carbonyl (C=O) groups is 1. The van der Waals surface area contributed by atoms with Gasteiger partial charge in [-0.1, -0.05) is 35.5 Å². The van der Waals surface area contributed by atoms with Gasteiger partial charge in [-0.3, -0.25) is 4.79 Å². The van der Waals surface area contributed by atoms with Gasteiger partial charge in [-0.15, -0.1) is 0 Å². The maximum absolute atomic E-state index is 12.4. The van der Waals surface area contributed by atoms with E-state index < -0.39 is 0 Å². The molecule has 6 nitrogen and oxygen atoms in total. The molecule has 4 rings (SSSR count). The molecule has 1 N–H and O–H groups in total. The first-order valence-corrected chi connectivity index (χ1v) is 9.02. The second kappa shape index (κ2) is 7.92. The molecule has 0 aliphatic carbocycles. The highest BCUT2D eigenvalue weighted by molar-refractivity contribution is 5.94. The first-order valence-electron chi connectivity index (χ1n) is 9.02. The zero-order valence-electron chi connectivity index (χ0n) is 15.3. The summed E-state index contributed by atoms with van der Waals surface area (Å²) in [7, 11) is 0. The molecule has 0 saturated heterocycles. The average molecular weight is 373 g/mol. The Hall–Kier alpha value is -3.67. The smallest absolute Gasteiger partial charge is 0.258 e. The summed E-state index contributed by atoms with van der Waals surface area (Å²) in [6.07, 6.45) is 2.27. The van der Waals surface area contributed by atoms with E-state index in [2.05, 4.69) is 15.5 Å². The van der Waals surface area contributed by atoms with Crippen molar-refractivity contribution in [3.63, 3.8) is 0 Å². The lowest BCUT2D eigenvalue weighted by molar-refractivity contribution is 0.0939. The van der Waals surface area contributed by atoms with Crippen molar-refractivity contribution < 1.29 is 13.7 Å². The van der Waals surface area contributed by atoms with E-state index in [1.165, 1.54) is 0 Å². The molecule has 0 saturated carbocycles. The molecule has 1 atom stereocenters. The van der Waals surface area contributed by atoms with Crippen LogP contribution < -0.4 is 5.32 Å². The van der Waals surface area contributed by atoms with Crippen molar-refractivity contribution in [2.75, 3.05) is 0 Å². The molecule has 0 spiro atoms. The summed E-state index contributed by atoms with van der Waals surface area (Å²) in [5, 5.41) is 6.99. The van der Waals surface area contributed by atoms with E-state index in [1.807, 2.05) is 49.4 Å². The van der Waals surface area contributed by atoms with Crippen LogP contribution in [0.25, 0.3) is 22.8 Å². The Morgan fingerprint density at radius 2 is 1.79 bits per heavy atom. The minimum Gasteiger partial charge on any atom is -0.469 e. The lowest BCUT2D eigenvalue weighted by Crippen LogP contribution is -2.33. The second-order valence-electron chi connectivity index (χ2n) is 6.52. The minimum atomic E-state index is -0.138. The molecule has 2 aromatic carbocycles. The van der Waals surface area contributed by atoms with E-state index in [4.69, 9.17) is 8.94 Å². The summed E-state index contributed by atoms with van der Waals surface area (Å²) in [6, 6.07) is 20.4. The maximum Gasteiger partial charge on any atom is 0.258 e. The molecule has 0 bridgehead atoms. The van der Waals surface area contributed by atoms with Gasteiger partial charge in [0.25, 0.3) is 11.8 Å². The molecule has 2 aromatic heterocycles. The lowest BCUT2D eigenvalue weighted by atomic mass is 10.1. The van der Waals surface area contributed by atoms with Gasteiger partial charge in [0, 0.05) is 29.2 Å². The molecule has 140 valence electrons. The molecule has 0 radical (unpaired) electrons. The third-order valence-corrected chi connectivity index (χ3v) is 4.32. The van der Waals surface area contributed by atoms with Crippen molar-refractivity contribution in [2.24, 2.45) is 0 Å². The number of hydrogen-bond donors (Lipinski definition) is 1. The Labute approximate surface area is 162 Å². The Kier molecular flexibility index (Phi) is 5.01. The first kappa shape index (κ1) is 17.7. The van der Waals surface area contributed by atoms with Gasteiger partial charge in [0.2, 0.25) is 5.82 Å². The van der Waals surface area contributed by atoms with Crippen molar-refractivity contribution in [1.29, 1.82) is 0 Å². The molecule has 0 unspecified atom stereocenters. The number of aromatic nitrogens is 2. The van der Waals surface area contributed by atoms with Gasteiger partial charge >= 0.3 is 0 Å². The van der Waals surface area contributed by atoms with E-state index in [9.17, 15) is 4.79 Å². The fraction of sp³-hybridized carbons (Fsp3) is 0.136. The topological polar surface area (TPSA) is 81.2 Å². The molecule has 1 amide bonds. The van der Waals surface area contributed by atoms with Gasteiger partial charge < -0.3 is 14.3 Å². The number of benzene rings is 2. The summed E-state index contributed by atoms with van der Waals surface area (Å²) < 4.78 is 10.7. The molecule has 0 aliphatic rings. The number of furan rings is 1. The predicted molar refractivity (Wildman–Crippen MR) is 105 cm³/mol. The number of amides is 1. The summed E-state index contributed by atoms with van der Waals surface area (Å²) in [5.74, 6) is 1.65. The van der Waals surface area contributed by atoms with Crippen LogP contribution in [-0.4, -0.2) is 22.1 Å². The van der Waals surface area contributed by atoms with Gasteiger partial charge in [-0.2, -0.15) is 4.98 Å². The number of hydrogen-bond acceptors (Lipinski definition) is 5. The van der Waals surface area contributed by atoms with Crippen molar-refractivity contribution in [1.82, 2.24) is 15.5 Å². The Bertz CT molecular complexity index is 1040. The Morgan fingerprint density at radius 3 is 2.50 bits per heavy atom. The van der Waals surface area contributed by atoms with Gasteiger partial charge in [0.15, 0.2) is 0 Å². The zero-order chi connectivity index (χ0) is 19.3. The van der Waals surface area contributed by atoms with E-state index in [-0.39, 0.29) is 11.9 Å². The number of rotatable bonds is 6. The molecular weight excluding hydrogens is 354 g/mol. The Balaban J connectivity index is 1.42. The van der Waals surface area contributed by atoms with E-state index in [0.717, 1.165) is 16.9 Å². The van der Waals surface area contributed by atoms with Crippen LogP contribution in [0.1, 0.15) is 23.0 Å². The van der Waals surface area contributed by atoms with Crippen LogP contribution in [0, 0.1) is 0 Å². The third-order valence-electron chi connectivity index (χ3n) is 4.32. The number of nitrogens with zero attached hydrogens (tertiary/aromatic N) is 2. The summed E-state index contributed by atoms with van der Waals surface area (Å²) in [5.41, 5.74) is 2.21. The van der Waals surface area contributed by atoms with Gasteiger partial charge in [0.05, 0.1) is 6.26 Å². The van der Waals surface area contributed by atoms with E-state index >= 15 is 0 Å². The standard InChI is InChI=1S/C22H19N3O3/c1-15(14-19-8-5-13-27-19)23-21(26)17-9-11-18(12-10-17)22-24-20(25-28-22)16-6-3-2-4-7-16/h2-13,15H,14H2,1H3,(H,23,26)/t15-/m1/s1. The minimum absolute atomic E-state index is 0.0392. The second-order valence-corrected chi connectivity index (χ2v) is 6.52. The highest BCUT2D eigenvalue weighted by Crippen LogP contribution is 2.22. The maximum atomic E-state index is 12.4. The molecule has 28 heavy (non-hydrogen) atoms. The van der Waals surface area contributed by atoms with Crippen LogP contribution in [0.15, 0.2) is 81.9 Å². The van der Waals surface area contributed by atoms with Gasteiger partial charge in [-0.05, 0) is 43.3 Å². The summed E-state index contributed by atoms with van der Waals surface area (Å²) >= 11 is 0. The average Bonchev–Trinajstić information content (AvgIpc) is 3.41. The lowest BCUT2D eigenvalue weighted by Gasteiger charge is -2.12. The zero-order valence-corrected chi connectivity index (χ0v) is 15.3. The molecular formula is C22H19N3O3. The largest absolute Gasteiger partial charge is 0.469 e. The fourth-order valence-corrected chi connectivity index (χ4v) is 2.90. The van der Waals surface area contributed by atoms with Gasteiger partial charge in [0.1, 0.15) is 5.76 Å². The van der Waals surface area contributed by atoms with Crippen molar-refractivity contribution in [3.05, 3.63) is 84.3 Å². The van der Waals surface area contributed by atoms with E-state index in [0.29, 0.717) is 23.7 Å². The Morgan fingerprint density at radius 1 is 1.00 bits per heavy atom. The number of nitrogens with one attached hydrogen (secondary N) is 1. The van der Waals surface area contributed by atoms with E-state index in [1.54, 1.807) is 30.5 Å². The van der Waals surface area contributed by atoms with Crippen LogP contribution >= 0.6 is 0 Å². The highest BCUT2D eigenvalue weighted by atomic mass is 16.5.